The van der Waals surface area contributed by atoms with Crippen molar-refractivity contribution in [2.24, 2.45) is 5.73 Å². The second kappa shape index (κ2) is 21.2. The largest absolute Gasteiger partial charge is 0.445 e. The van der Waals surface area contributed by atoms with E-state index in [0.717, 1.165) is 50.4 Å². The van der Waals surface area contributed by atoms with Gasteiger partial charge in [-0.25, -0.2) is 14.6 Å². The Labute approximate surface area is 364 Å². The Morgan fingerprint density at radius 2 is 1.14 bits per heavy atom. The number of ether oxygens (including phenoxy) is 1. The Morgan fingerprint density at radius 1 is 0.635 bits per heavy atom. The van der Waals surface area contributed by atoms with Gasteiger partial charge in [0.05, 0.1) is 0 Å². The van der Waals surface area contributed by atoms with Crippen molar-refractivity contribution in [3.05, 3.63) is 144 Å². The summed E-state index contributed by atoms with van der Waals surface area (Å²) >= 11 is 0. The number of benzene rings is 5. The van der Waals surface area contributed by atoms with Gasteiger partial charge < -0.3 is 35.8 Å². The van der Waals surface area contributed by atoms with Gasteiger partial charge >= 0.3 is 12.1 Å². The van der Waals surface area contributed by atoms with Crippen molar-refractivity contribution in [1.29, 1.82) is 0 Å². The molecule has 2 atom stereocenters. The van der Waals surface area contributed by atoms with Gasteiger partial charge in [-0.3, -0.25) is 29.4 Å². The molecule has 1 saturated heterocycles. The first-order valence-electron chi connectivity index (χ1n) is 20.5. The summed E-state index contributed by atoms with van der Waals surface area (Å²) in [5, 5.41) is 9.68. The highest BCUT2D eigenvalue weighted by atomic mass is 16.6. The number of piperazine rings is 1. The molecule has 326 valence electrons. The first kappa shape index (κ1) is 44.8. The number of urea groups is 1. The lowest BCUT2D eigenvalue weighted by Gasteiger charge is -2.34. The molecule has 1 aliphatic heterocycles. The van der Waals surface area contributed by atoms with Crippen molar-refractivity contribution >= 4 is 63.2 Å². The fourth-order valence-corrected chi connectivity index (χ4v) is 7.03. The van der Waals surface area contributed by atoms with E-state index in [-0.39, 0.29) is 45.9 Å². The van der Waals surface area contributed by atoms with Gasteiger partial charge in [-0.15, -0.1) is 0 Å². The zero-order valence-corrected chi connectivity index (χ0v) is 35.1. The van der Waals surface area contributed by atoms with E-state index < -0.39 is 60.3 Å². The molecular formula is C47H50N8O8. The molecule has 5 N–H and O–H groups in total. The number of fused-ring (bicyclic) bond motifs is 2. The van der Waals surface area contributed by atoms with E-state index in [1.807, 2.05) is 115 Å². The van der Waals surface area contributed by atoms with Gasteiger partial charge in [-0.05, 0) is 52.1 Å². The lowest BCUT2D eigenvalue weighted by atomic mass is 10.0. The normalized spacial score (nSPS) is 13.5. The van der Waals surface area contributed by atoms with Crippen LogP contribution in [0, 0.1) is 0 Å². The minimum Gasteiger partial charge on any atom is -0.445 e. The lowest BCUT2D eigenvalue weighted by molar-refractivity contribution is -0.142. The topological polar surface area (TPSA) is 204 Å². The molecule has 6 rings (SSSR count). The van der Waals surface area contributed by atoms with Crippen LogP contribution in [0.3, 0.4) is 0 Å². The third kappa shape index (κ3) is 12.2. The molecule has 1 fully saturated rings. The molecule has 1 aliphatic rings. The monoisotopic (exact) mass is 854 g/mol. The van der Waals surface area contributed by atoms with Crippen LogP contribution in [0.4, 0.5) is 9.59 Å². The molecule has 0 spiro atoms. The molecule has 63 heavy (non-hydrogen) atoms. The Morgan fingerprint density at radius 3 is 1.73 bits per heavy atom. The number of hydrogen-bond acceptors (Lipinski definition) is 8. The first-order chi connectivity index (χ1) is 30.4. The van der Waals surface area contributed by atoms with Crippen molar-refractivity contribution in [3.8, 4) is 0 Å². The fraction of sp³-hybridized carbons (Fsp3) is 0.255. The predicted molar refractivity (Wildman–Crippen MR) is 236 cm³/mol. The molecule has 0 aromatic heterocycles. The third-order valence-corrected chi connectivity index (χ3v) is 10.5. The molecule has 16 heteroatoms. The fourth-order valence-electron chi connectivity index (χ4n) is 7.03. The highest BCUT2D eigenvalue weighted by molar-refractivity contribution is 6.00. The standard InChI is InChI=1S/C47H50N8O8/c1-32(50-46(61)52-24-26-53(27-25-52)47(62)63-31-34-12-4-3-5-13-34)44(59)49-33(2)45(60)51-55(30-41(48)56)43(58)23-22-42(57)54(28-37-18-10-16-35-14-6-8-20-39(35)37)29-38-19-11-17-36-15-7-9-21-40(36)38/h3-23,32-33H,24-31H2,1-2H3,(H2,48,56)(H,49,59)(H,50,61)(H,51,60)/b23-22+/t32-,33+/m1/s1. The summed E-state index contributed by atoms with van der Waals surface area (Å²) in [6.07, 6.45) is 1.52. The summed E-state index contributed by atoms with van der Waals surface area (Å²) in [6, 6.07) is 33.8. The Hall–Kier alpha value is -7.75. The number of amides is 8. The maximum atomic E-state index is 14.0. The van der Waals surface area contributed by atoms with Gasteiger partial charge in [-0.1, -0.05) is 115 Å². The maximum absolute atomic E-state index is 14.0. The number of primary amides is 1. The molecule has 0 saturated carbocycles. The van der Waals surface area contributed by atoms with E-state index >= 15 is 0 Å². The average Bonchev–Trinajstić information content (AvgIpc) is 3.29. The van der Waals surface area contributed by atoms with Gasteiger partial charge in [0.2, 0.25) is 17.7 Å². The van der Waals surface area contributed by atoms with Crippen molar-refractivity contribution in [1.82, 2.24) is 35.8 Å². The van der Waals surface area contributed by atoms with Crippen LogP contribution in [0.15, 0.2) is 127 Å². The summed E-state index contributed by atoms with van der Waals surface area (Å²) in [5.41, 5.74) is 10.4. The minimum absolute atomic E-state index is 0.126. The van der Waals surface area contributed by atoms with Crippen LogP contribution in [-0.2, 0) is 48.4 Å². The van der Waals surface area contributed by atoms with E-state index in [4.69, 9.17) is 10.5 Å². The number of hydrogen-bond donors (Lipinski definition) is 4. The van der Waals surface area contributed by atoms with Crippen LogP contribution in [0.25, 0.3) is 21.5 Å². The number of nitrogens with one attached hydrogen (secondary N) is 3. The SMILES string of the molecule is C[C@H](NC(=O)[C@@H](C)NC(=O)N1CCN(C(=O)OCc2ccccc2)CC1)C(=O)NN(CC(N)=O)C(=O)/C=C/C(=O)N(Cc1cccc2ccccc12)Cc1cccc2ccccc12. The van der Waals surface area contributed by atoms with Crippen molar-refractivity contribution in [3.63, 3.8) is 0 Å². The predicted octanol–water partition coefficient (Wildman–Crippen LogP) is 3.98. The van der Waals surface area contributed by atoms with E-state index in [2.05, 4.69) is 16.1 Å². The molecule has 5 aromatic rings. The van der Waals surface area contributed by atoms with Crippen molar-refractivity contribution in [2.45, 2.75) is 45.6 Å². The summed E-state index contributed by atoms with van der Waals surface area (Å²) in [7, 11) is 0. The number of rotatable bonds is 14. The van der Waals surface area contributed by atoms with E-state index in [0.29, 0.717) is 5.01 Å². The zero-order chi connectivity index (χ0) is 44.9. The third-order valence-electron chi connectivity index (χ3n) is 10.5. The number of nitrogens with zero attached hydrogens (tertiary/aromatic N) is 4. The van der Waals surface area contributed by atoms with Gasteiger partial charge in [0, 0.05) is 51.4 Å². The van der Waals surface area contributed by atoms with Gasteiger partial charge in [0.1, 0.15) is 25.2 Å². The Bertz CT molecular complexity index is 2410. The number of carbonyl (C=O) groups excluding carboxylic acids is 7. The molecule has 5 aromatic carbocycles. The van der Waals surface area contributed by atoms with E-state index in [1.54, 1.807) is 4.90 Å². The molecule has 0 radical (unpaired) electrons. The average molecular weight is 855 g/mol. The summed E-state index contributed by atoms with van der Waals surface area (Å²) in [5.74, 6) is -3.95. The van der Waals surface area contributed by atoms with E-state index in [9.17, 15) is 33.6 Å². The second-order valence-corrected chi connectivity index (χ2v) is 15.1. The number of carbonyl (C=O) groups is 7. The molecule has 0 bridgehead atoms. The number of hydrazine groups is 1. The van der Waals surface area contributed by atoms with Crippen LogP contribution in [0.5, 0.6) is 0 Å². The molecular weight excluding hydrogens is 805 g/mol. The molecule has 0 aliphatic carbocycles. The lowest BCUT2D eigenvalue weighted by Crippen LogP contribution is -2.58. The van der Waals surface area contributed by atoms with E-state index in [1.165, 1.54) is 23.6 Å². The summed E-state index contributed by atoms with van der Waals surface area (Å²) in [4.78, 5) is 95.8. The molecule has 1 heterocycles. The highest BCUT2D eigenvalue weighted by Gasteiger charge is 2.29. The van der Waals surface area contributed by atoms with Crippen LogP contribution in [-0.4, -0.2) is 106 Å². The Balaban J connectivity index is 1.04. The Kier molecular flexibility index (Phi) is 15.0. The first-order valence-corrected chi connectivity index (χ1v) is 20.5. The van der Waals surface area contributed by atoms with Crippen molar-refractivity contribution in [2.75, 3.05) is 32.7 Å². The molecule has 0 unspecified atom stereocenters. The van der Waals surface area contributed by atoms with Gasteiger partial charge in [0.25, 0.3) is 11.8 Å². The summed E-state index contributed by atoms with van der Waals surface area (Å²) < 4.78 is 5.38. The maximum Gasteiger partial charge on any atom is 0.410 e. The van der Waals surface area contributed by atoms with Gasteiger partial charge in [-0.2, -0.15) is 0 Å². The molecule has 16 nitrogen and oxygen atoms in total. The van der Waals surface area contributed by atoms with Gasteiger partial charge in [0.15, 0.2) is 0 Å². The molecule has 8 amide bonds. The number of nitrogens with two attached hydrogens (primary N) is 1. The highest BCUT2D eigenvalue weighted by Crippen LogP contribution is 2.24. The second-order valence-electron chi connectivity index (χ2n) is 15.1. The van der Waals surface area contributed by atoms with Crippen LogP contribution in [0.2, 0.25) is 0 Å². The minimum atomic E-state index is -1.24. The quantitative estimate of drug-likeness (QED) is 0.0949. The zero-order valence-electron chi connectivity index (χ0n) is 35.1. The van der Waals surface area contributed by atoms with Crippen LogP contribution < -0.4 is 21.8 Å². The smallest absolute Gasteiger partial charge is 0.410 e. The summed E-state index contributed by atoms with van der Waals surface area (Å²) in [6.45, 7) is 3.47. The van der Waals surface area contributed by atoms with Crippen LogP contribution in [0.1, 0.15) is 30.5 Å². The van der Waals surface area contributed by atoms with Crippen LogP contribution >= 0.6 is 0 Å². The van der Waals surface area contributed by atoms with Crippen molar-refractivity contribution < 1.29 is 38.3 Å².